The lowest BCUT2D eigenvalue weighted by molar-refractivity contribution is 0.518. The summed E-state index contributed by atoms with van der Waals surface area (Å²) in [5.74, 6) is 0.915. The van der Waals surface area contributed by atoms with Gasteiger partial charge in [0.05, 0.1) is 38.3 Å². The molecular formula is C16H18IN3OS. The van der Waals surface area contributed by atoms with Crippen LogP contribution in [0.1, 0.15) is 40.1 Å². The molecule has 3 N–H and O–H groups in total. The van der Waals surface area contributed by atoms with Crippen LogP contribution in [0.25, 0.3) is 10.2 Å². The van der Waals surface area contributed by atoms with Gasteiger partial charge in [-0.25, -0.2) is 0 Å². The fraction of sp³-hybridized carbons (Fsp3) is 0.312. The molecule has 0 aliphatic carbocycles. The van der Waals surface area contributed by atoms with Crippen molar-refractivity contribution >= 4 is 49.8 Å². The molecule has 3 aromatic rings. The molecule has 0 amide bonds. The third-order valence-corrected chi connectivity index (χ3v) is 5.40. The smallest absolute Gasteiger partial charge is 0.122 e. The number of nitrogens with zero attached hydrogens (tertiary/aromatic N) is 1. The summed E-state index contributed by atoms with van der Waals surface area (Å²) in [6.45, 7) is 4.80. The third-order valence-electron chi connectivity index (χ3n) is 3.41. The van der Waals surface area contributed by atoms with Gasteiger partial charge in [-0.05, 0) is 38.1 Å². The summed E-state index contributed by atoms with van der Waals surface area (Å²) in [5, 5.41) is 3.47. The summed E-state index contributed by atoms with van der Waals surface area (Å²) in [6.07, 6.45) is 1.69. The lowest BCUT2D eigenvalue weighted by Gasteiger charge is -2.10. The van der Waals surface area contributed by atoms with Crippen molar-refractivity contribution in [3.63, 3.8) is 0 Å². The Bertz CT molecular complexity index is 765. The van der Waals surface area contributed by atoms with Gasteiger partial charge in [-0.3, -0.25) is 4.98 Å². The zero-order chi connectivity index (χ0) is 15.7. The first-order valence-electron chi connectivity index (χ1n) is 7.15. The summed E-state index contributed by atoms with van der Waals surface area (Å²) in [6, 6.07) is 8.12. The van der Waals surface area contributed by atoms with Gasteiger partial charge in [0.2, 0.25) is 0 Å². The Balaban J connectivity index is 2.00. The number of nitrogens with one attached hydrogen (secondary N) is 1. The van der Waals surface area contributed by atoms with Gasteiger partial charge in [0.25, 0.3) is 0 Å². The number of furan rings is 1. The molecule has 0 unspecified atom stereocenters. The highest BCUT2D eigenvalue weighted by Crippen LogP contribution is 2.36. The zero-order valence-electron chi connectivity index (χ0n) is 12.5. The highest BCUT2D eigenvalue weighted by molar-refractivity contribution is 14.1. The summed E-state index contributed by atoms with van der Waals surface area (Å²) in [5.41, 5.74) is 9.20. The minimum atomic E-state index is 0.0256. The van der Waals surface area contributed by atoms with Gasteiger partial charge >= 0.3 is 0 Å². The van der Waals surface area contributed by atoms with Crippen LogP contribution in [0.5, 0.6) is 0 Å². The van der Waals surface area contributed by atoms with Crippen LogP contribution in [0, 0.1) is 0 Å². The van der Waals surface area contributed by atoms with Crippen molar-refractivity contribution in [1.82, 2.24) is 4.98 Å². The van der Waals surface area contributed by atoms with E-state index < -0.39 is 0 Å². The first-order chi connectivity index (χ1) is 10.5. The van der Waals surface area contributed by atoms with Crippen LogP contribution in [-0.2, 0) is 6.54 Å². The monoisotopic (exact) mass is 427 g/mol. The van der Waals surface area contributed by atoms with Crippen LogP contribution >= 0.6 is 33.9 Å². The molecule has 116 valence electrons. The van der Waals surface area contributed by atoms with E-state index in [0.717, 1.165) is 32.2 Å². The van der Waals surface area contributed by atoms with Gasteiger partial charge in [0.15, 0.2) is 0 Å². The van der Waals surface area contributed by atoms with E-state index in [-0.39, 0.29) is 6.04 Å². The molecule has 0 aliphatic rings. The maximum absolute atomic E-state index is 6.02. The molecular weight excluding hydrogens is 409 g/mol. The number of hydrogen-bond donors (Lipinski definition) is 2. The first kappa shape index (κ1) is 15.8. The molecule has 2 atom stereocenters. The lowest BCUT2D eigenvalue weighted by Crippen LogP contribution is -2.01. The second-order valence-electron chi connectivity index (χ2n) is 5.30. The highest BCUT2D eigenvalue weighted by atomic mass is 127. The number of anilines is 1. The van der Waals surface area contributed by atoms with Crippen molar-refractivity contribution in [2.24, 2.45) is 5.73 Å². The van der Waals surface area contributed by atoms with Crippen molar-refractivity contribution < 1.29 is 4.42 Å². The molecule has 0 aromatic carbocycles. The standard InChI is InChI=1S/C16H18IN3OS/c1-9(17)12-6-13(19-8-11-4-3-5-21-11)16-14(20-12)7-15(22-16)10(2)18/h3-7,9-10H,8,18H2,1-2H3,(H,19,20)/t9-,10+/m1/s1. The zero-order valence-corrected chi connectivity index (χ0v) is 15.4. The van der Waals surface area contributed by atoms with Crippen molar-refractivity contribution in [3.05, 3.63) is 46.9 Å². The number of halogens is 1. The topological polar surface area (TPSA) is 64.1 Å². The fourth-order valence-corrected chi connectivity index (χ4v) is 3.58. The first-order valence-corrected chi connectivity index (χ1v) is 9.21. The number of pyridine rings is 1. The largest absolute Gasteiger partial charge is 0.467 e. The number of aromatic nitrogens is 1. The maximum Gasteiger partial charge on any atom is 0.122 e. The molecule has 22 heavy (non-hydrogen) atoms. The summed E-state index contributed by atoms with van der Waals surface area (Å²) in [7, 11) is 0. The quantitative estimate of drug-likeness (QED) is 0.444. The SMILES string of the molecule is C[C@H](N)c1cc2nc([C@@H](C)I)cc(NCc3ccco3)c2s1. The van der Waals surface area contributed by atoms with Gasteiger partial charge in [-0.1, -0.05) is 22.6 Å². The lowest BCUT2D eigenvalue weighted by atomic mass is 10.2. The predicted octanol–water partition coefficient (Wildman–Crippen LogP) is 5.02. The third kappa shape index (κ3) is 3.28. The Labute approximate surface area is 147 Å². The van der Waals surface area contributed by atoms with Crippen molar-refractivity contribution in [3.8, 4) is 0 Å². The Kier molecular flexibility index (Phi) is 4.70. The minimum Gasteiger partial charge on any atom is -0.467 e. The van der Waals surface area contributed by atoms with E-state index in [9.17, 15) is 0 Å². The van der Waals surface area contributed by atoms with E-state index >= 15 is 0 Å². The number of rotatable bonds is 5. The average molecular weight is 427 g/mol. The average Bonchev–Trinajstić information content (AvgIpc) is 3.13. The molecule has 0 saturated carbocycles. The number of nitrogens with two attached hydrogens (primary N) is 1. The molecule has 0 bridgehead atoms. The number of hydrogen-bond acceptors (Lipinski definition) is 5. The van der Waals surface area contributed by atoms with Crippen molar-refractivity contribution in [2.75, 3.05) is 5.32 Å². The van der Waals surface area contributed by atoms with Gasteiger partial charge in [0, 0.05) is 10.9 Å². The molecule has 4 nitrogen and oxygen atoms in total. The second kappa shape index (κ2) is 6.55. The molecule has 3 heterocycles. The molecule has 0 aliphatic heterocycles. The Morgan fingerprint density at radius 2 is 2.23 bits per heavy atom. The molecule has 0 saturated heterocycles. The fourth-order valence-electron chi connectivity index (χ4n) is 2.22. The van der Waals surface area contributed by atoms with Crippen LogP contribution in [-0.4, -0.2) is 4.98 Å². The van der Waals surface area contributed by atoms with E-state index in [1.54, 1.807) is 17.6 Å². The maximum atomic E-state index is 6.02. The van der Waals surface area contributed by atoms with Gasteiger partial charge in [-0.2, -0.15) is 0 Å². The molecule has 6 heteroatoms. The van der Waals surface area contributed by atoms with Crippen molar-refractivity contribution in [1.29, 1.82) is 0 Å². The van der Waals surface area contributed by atoms with Gasteiger partial charge < -0.3 is 15.5 Å². The van der Waals surface area contributed by atoms with Crippen LogP contribution in [0.3, 0.4) is 0 Å². The van der Waals surface area contributed by atoms with Gasteiger partial charge in [-0.15, -0.1) is 11.3 Å². The second-order valence-corrected chi connectivity index (χ2v) is 8.25. The van der Waals surface area contributed by atoms with E-state index in [2.05, 4.69) is 47.0 Å². The number of alkyl halides is 1. The number of fused-ring (bicyclic) bond motifs is 1. The van der Waals surface area contributed by atoms with Crippen molar-refractivity contribution in [2.45, 2.75) is 30.4 Å². The van der Waals surface area contributed by atoms with E-state index in [1.807, 2.05) is 19.1 Å². The molecule has 0 spiro atoms. The highest BCUT2D eigenvalue weighted by Gasteiger charge is 2.14. The van der Waals surface area contributed by atoms with Crippen LogP contribution < -0.4 is 11.1 Å². The molecule has 3 rings (SSSR count). The van der Waals surface area contributed by atoms with E-state index in [0.29, 0.717) is 10.5 Å². The van der Waals surface area contributed by atoms with E-state index in [1.165, 1.54) is 0 Å². The summed E-state index contributed by atoms with van der Waals surface area (Å²) in [4.78, 5) is 5.92. The van der Waals surface area contributed by atoms with Crippen LogP contribution in [0.15, 0.2) is 34.9 Å². The van der Waals surface area contributed by atoms with Crippen LogP contribution in [0.2, 0.25) is 0 Å². The summed E-state index contributed by atoms with van der Waals surface area (Å²) >= 11 is 4.09. The Hall–Kier alpha value is -1.12. The normalized spacial score (nSPS) is 14.2. The molecule has 0 fully saturated rings. The minimum absolute atomic E-state index is 0.0256. The summed E-state index contributed by atoms with van der Waals surface area (Å²) < 4.78 is 6.90. The van der Waals surface area contributed by atoms with Gasteiger partial charge in [0.1, 0.15) is 5.76 Å². The molecule has 3 aromatic heterocycles. The Morgan fingerprint density at radius 1 is 1.41 bits per heavy atom. The van der Waals surface area contributed by atoms with E-state index in [4.69, 9.17) is 15.1 Å². The Morgan fingerprint density at radius 3 is 2.86 bits per heavy atom. The predicted molar refractivity (Wildman–Crippen MR) is 101 cm³/mol. The number of thiophene rings is 1. The molecule has 0 radical (unpaired) electrons. The van der Waals surface area contributed by atoms with Crippen LogP contribution in [0.4, 0.5) is 5.69 Å².